The second-order valence-corrected chi connectivity index (χ2v) is 1.82. The summed E-state index contributed by atoms with van der Waals surface area (Å²) in [6, 6.07) is 0. The van der Waals surface area contributed by atoms with Crippen LogP contribution in [0.15, 0.2) is 0 Å². The topological polar surface area (TPSA) is 26.3 Å². The molecule has 2 nitrogen and oxygen atoms in total. The zero-order valence-corrected chi connectivity index (χ0v) is 5.85. The van der Waals surface area contributed by atoms with Crippen LogP contribution >= 0.6 is 0 Å². The normalized spacial score (nSPS) is 9.00. The molecule has 0 aromatic carbocycles. The first-order chi connectivity index (χ1) is 4.31. The first-order valence-electron chi connectivity index (χ1n) is 3.26. The van der Waals surface area contributed by atoms with Crippen LogP contribution in [0.1, 0.15) is 26.2 Å². The molecule has 0 heterocycles. The third kappa shape index (κ3) is 5.21. The summed E-state index contributed by atoms with van der Waals surface area (Å²) in [5.41, 5.74) is 0. The fourth-order valence-corrected chi connectivity index (χ4v) is 0.507. The molecule has 0 bridgehead atoms. The Morgan fingerprint density at radius 3 is 2.78 bits per heavy atom. The highest BCUT2D eigenvalue weighted by Crippen LogP contribution is 1.95. The quantitative estimate of drug-likeness (QED) is 0.425. The first kappa shape index (κ1) is 8.34. The predicted octanol–water partition coefficient (Wildman–Crippen LogP) is 1.55. The highest BCUT2D eigenvalue weighted by Gasteiger charge is 1.99. The van der Waals surface area contributed by atoms with Crippen molar-refractivity contribution in [3.05, 3.63) is 6.92 Å². The van der Waals surface area contributed by atoms with E-state index in [1.165, 1.54) is 0 Å². The highest BCUT2D eigenvalue weighted by atomic mass is 16.5. The number of hydrogen-bond acceptors (Lipinski definition) is 2. The van der Waals surface area contributed by atoms with E-state index in [0.717, 1.165) is 12.8 Å². The lowest BCUT2D eigenvalue weighted by molar-refractivity contribution is -0.142. The molecule has 0 aliphatic heterocycles. The minimum absolute atomic E-state index is 0.133. The fourth-order valence-electron chi connectivity index (χ4n) is 0.507. The van der Waals surface area contributed by atoms with E-state index in [1.807, 2.05) is 6.92 Å². The molecular weight excluding hydrogens is 116 g/mol. The van der Waals surface area contributed by atoms with Gasteiger partial charge in [-0.2, -0.15) is 0 Å². The molecule has 2 heteroatoms. The molecule has 0 aliphatic carbocycles. The summed E-state index contributed by atoms with van der Waals surface area (Å²) in [7, 11) is 0. The van der Waals surface area contributed by atoms with E-state index >= 15 is 0 Å². The van der Waals surface area contributed by atoms with Gasteiger partial charge in [0.05, 0.1) is 0 Å². The third-order valence-corrected chi connectivity index (χ3v) is 0.998. The van der Waals surface area contributed by atoms with Gasteiger partial charge in [0.2, 0.25) is 6.61 Å². The molecule has 0 atom stereocenters. The summed E-state index contributed by atoms with van der Waals surface area (Å²) >= 11 is 0. The van der Waals surface area contributed by atoms with E-state index < -0.39 is 0 Å². The summed E-state index contributed by atoms with van der Waals surface area (Å²) in [5.74, 6) is -0.133. The van der Waals surface area contributed by atoms with Gasteiger partial charge in [-0.1, -0.05) is 13.3 Å². The zero-order valence-electron chi connectivity index (χ0n) is 5.85. The SMILES string of the molecule is [CH2+]COC(=O)CCCC. The van der Waals surface area contributed by atoms with Crippen molar-refractivity contribution < 1.29 is 9.53 Å². The molecule has 52 valence electrons. The standard InChI is InChI=1S/C7H13O2/c1-3-5-6-7(8)9-4-2/h2-6H2,1H3/q+1. The van der Waals surface area contributed by atoms with E-state index in [4.69, 9.17) is 0 Å². The summed E-state index contributed by atoms with van der Waals surface area (Å²) < 4.78 is 4.59. The van der Waals surface area contributed by atoms with Gasteiger partial charge in [-0.3, -0.25) is 4.79 Å². The maximum atomic E-state index is 10.5. The van der Waals surface area contributed by atoms with Gasteiger partial charge in [0, 0.05) is 6.42 Å². The Bertz CT molecular complexity index is 79.0. The van der Waals surface area contributed by atoms with E-state index in [2.05, 4.69) is 11.7 Å². The number of rotatable bonds is 4. The molecule has 0 aliphatic rings. The molecule has 9 heavy (non-hydrogen) atoms. The van der Waals surface area contributed by atoms with Gasteiger partial charge in [-0.15, -0.1) is 0 Å². The van der Waals surface area contributed by atoms with Crippen LogP contribution in [0.4, 0.5) is 0 Å². The number of carbonyl (C=O) groups is 1. The van der Waals surface area contributed by atoms with E-state index in [1.54, 1.807) is 0 Å². The van der Waals surface area contributed by atoms with E-state index in [-0.39, 0.29) is 12.6 Å². The molecule has 0 radical (unpaired) electrons. The fraction of sp³-hybridized carbons (Fsp3) is 0.714. The Morgan fingerprint density at radius 1 is 1.67 bits per heavy atom. The maximum Gasteiger partial charge on any atom is 0.309 e. The Kier molecular flexibility index (Phi) is 5.07. The Labute approximate surface area is 56.2 Å². The van der Waals surface area contributed by atoms with Crippen molar-refractivity contribution in [1.82, 2.24) is 0 Å². The van der Waals surface area contributed by atoms with E-state index in [0.29, 0.717) is 6.42 Å². The van der Waals surface area contributed by atoms with Gasteiger partial charge in [0.25, 0.3) is 0 Å². The van der Waals surface area contributed by atoms with Crippen LogP contribution in [-0.4, -0.2) is 12.6 Å². The molecule has 0 saturated carbocycles. The zero-order chi connectivity index (χ0) is 7.11. The monoisotopic (exact) mass is 129 g/mol. The highest BCUT2D eigenvalue weighted by molar-refractivity contribution is 5.69. The summed E-state index contributed by atoms with van der Waals surface area (Å²) in [5, 5.41) is 0. The summed E-state index contributed by atoms with van der Waals surface area (Å²) in [6.45, 7) is 5.68. The van der Waals surface area contributed by atoms with Gasteiger partial charge in [-0.05, 0) is 6.42 Å². The number of carbonyl (C=O) groups excluding carboxylic acids is 1. The largest absolute Gasteiger partial charge is 0.423 e. The van der Waals surface area contributed by atoms with Crippen LogP contribution in [0.25, 0.3) is 0 Å². The van der Waals surface area contributed by atoms with Gasteiger partial charge in [0.1, 0.15) is 6.92 Å². The molecule has 0 aromatic rings. The number of hydrogen-bond donors (Lipinski definition) is 0. The number of unbranched alkanes of at least 4 members (excludes halogenated alkanes) is 1. The lowest BCUT2D eigenvalue weighted by Gasteiger charge is -1.94. The number of ether oxygens (including phenoxy) is 1. The van der Waals surface area contributed by atoms with Crippen molar-refractivity contribution in [2.24, 2.45) is 0 Å². The number of esters is 1. The Morgan fingerprint density at radius 2 is 2.33 bits per heavy atom. The van der Waals surface area contributed by atoms with Crippen LogP contribution in [0.5, 0.6) is 0 Å². The second-order valence-electron chi connectivity index (χ2n) is 1.82. The molecule has 0 unspecified atom stereocenters. The van der Waals surface area contributed by atoms with Crippen molar-refractivity contribution in [3.8, 4) is 0 Å². The summed E-state index contributed by atoms with van der Waals surface area (Å²) in [4.78, 5) is 10.5. The molecule has 0 N–H and O–H groups in total. The molecule has 0 saturated heterocycles. The van der Waals surface area contributed by atoms with Crippen LogP contribution < -0.4 is 0 Å². The van der Waals surface area contributed by atoms with Gasteiger partial charge in [0.15, 0.2) is 0 Å². The van der Waals surface area contributed by atoms with Crippen LogP contribution in [-0.2, 0) is 9.53 Å². The smallest absolute Gasteiger partial charge is 0.309 e. The maximum absolute atomic E-state index is 10.5. The van der Waals surface area contributed by atoms with Gasteiger partial charge >= 0.3 is 5.97 Å². The van der Waals surface area contributed by atoms with Crippen LogP contribution in [0.3, 0.4) is 0 Å². The molecule has 0 aromatic heterocycles. The van der Waals surface area contributed by atoms with E-state index in [9.17, 15) is 4.79 Å². The lowest BCUT2D eigenvalue weighted by atomic mass is 10.3. The van der Waals surface area contributed by atoms with Crippen molar-refractivity contribution in [2.75, 3.05) is 6.61 Å². The first-order valence-corrected chi connectivity index (χ1v) is 3.26. The van der Waals surface area contributed by atoms with Crippen molar-refractivity contribution in [1.29, 1.82) is 0 Å². The molecule has 0 spiro atoms. The van der Waals surface area contributed by atoms with Crippen LogP contribution in [0.2, 0.25) is 0 Å². The predicted molar refractivity (Wildman–Crippen MR) is 35.8 cm³/mol. The molecule has 0 amide bonds. The minimum atomic E-state index is -0.133. The van der Waals surface area contributed by atoms with Crippen molar-refractivity contribution in [2.45, 2.75) is 26.2 Å². The third-order valence-electron chi connectivity index (χ3n) is 0.998. The molecule has 0 fully saturated rings. The average Bonchev–Trinajstić information content (AvgIpc) is 1.85. The Balaban J connectivity index is 3.06. The second kappa shape index (κ2) is 5.48. The Hall–Kier alpha value is -0.660. The minimum Gasteiger partial charge on any atom is -0.423 e. The molecule has 0 rings (SSSR count). The van der Waals surface area contributed by atoms with Crippen LogP contribution in [0, 0.1) is 6.92 Å². The van der Waals surface area contributed by atoms with Crippen molar-refractivity contribution in [3.63, 3.8) is 0 Å². The van der Waals surface area contributed by atoms with Gasteiger partial charge < -0.3 is 4.74 Å². The van der Waals surface area contributed by atoms with Crippen molar-refractivity contribution >= 4 is 5.97 Å². The average molecular weight is 129 g/mol. The lowest BCUT2D eigenvalue weighted by Crippen LogP contribution is -2.02. The summed E-state index contributed by atoms with van der Waals surface area (Å²) in [6.07, 6.45) is 2.48. The van der Waals surface area contributed by atoms with Gasteiger partial charge in [-0.25, -0.2) is 0 Å². The molecular formula is C7H13O2+.